The van der Waals surface area contributed by atoms with Crippen LogP contribution < -0.4 is 4.74 Å². The van der Waals surface area contributed by atoms with Crippen LogP contribution in [0.5, 0.6) is 5.75 Å². The van der Waals surface area contributed by atoms with Crippen molar-refractivity contribution in [3.05, 3.63) is 125 Å². The van der Waals surface area contributed by atoms with E-state index in [4.69, 9.17) is 4.74 Å². The standard InChI is InChI=1S/C28H21F3O2/c1-18(20-5-3-2-4-6-20)15-19-7-9-21(10-8-19)22-11-13-23(14-12-22)28(32)33-24-16-25(29)27(31)26(30)17-24/h2-14,16-18H,15H2,1H3. The fraction of sp³-hybridized carbons (Fsp3) is 0.107. The van der Waals surface area contributed by atoms with Gasteiger partial charge in [0, 0.05) is 12.1 Å². The van der Waals surface area contributed by atoms with Crippen molar-refractivity contribution >= 4 is 5.97 Å². The van der Waals surface area contributed by atoms with Crippen molar-refractivity contribution in [1.29, 1.82) is 0 Å². The Morgan fingerprint density at radius 3 is 1.91 bits per heavy atom. The van der Waals surface area contributed by atoms with Gasteiger partial charge in [-0.15, -0.1) is 0 Å². The Morgan fingerprint density at radius 2 is 1.33 bits per heavy atom. The Morgan fingerprint density at radius 1 is 0.788 bits per heavy atom. The molecule has 166 valence electrons. The highest BCUT2D eigenvalue weighted by molar-refractivity contribution is 5.91. The van der Waals surface area contributed by atoms with E-state index in [-0.39, 0.29) is 5.56 Å². The minimum atomic E-state index is -1.61. The molecule has 33 heavy (non-hydrogen) atoms. The number of hydrogen-bond donors (Lipinski definition) is 0. The highest BCUT2D eigenvalue weighted by Gasteiger charge is 2.15. The maximum Gasteiger partial charge on any atom is 0.343 e. The molecule has 0 heterocycles. The summed E-state index contributed by atoms with van der Waals surface area (Å²) in [5.41, 5.74) is 4.64. The van der Waals surface area contributed by atoms with E-state index in [2.05, 4.69) is 31.2 Å². The van der Waals surface area contributed by atoms with Crippen molar-refractivity contribution in [1.82, 2.24) is 0 Å². The minimum absolute atomic E-state index is 0.206. The number of halogens is 3. The summed E-state index contributed by atoms with van der Waals surface area (Å²) in [7, 11) is 0. The van der Waals surface area contributed by atoms with Gasteiger partial charge in [-0.3, -0.25) is 0 Å². The summed E-state index contributed by atoms with van der Waals surface area (Å²) in [6.45, 7) is 2.20. The Kier molecular flexibility index (Phi) is 6.59. The lowest BCUT2D eigenvalue weighted by molar-refractivity contribution is 0.0733. The van der Waals surface area contributed by atoms with E-state index in [1.54, 1.807) is 24.3 Å². The lowest BCUT2D eigenvalue weighted by Crippen LogP contribution is -2.09. The Labute approximate surface area is 190 Å². The zero-order chi connectivity index (χ0) is 23.4. The van der Waals surface area contributed by atoms with Crippen LogP contribution in [0, 0.1) is 17.5 Å². The molecule has 4 aromatic carbocycles. The normalized spacial score (nSPS) is 11.8. The molecule has 1 unspecified atom stereocenters. The van der Waals surface area contributed by atoms with Gasteiger partial charge < -0.3 is 4.74 Å². The highest BCUT2D eigenvalue weighted by Crippen LogP contribution is 2.25. The third kappa shape index (κ3) is 5.32. The topological polar surface area (TPSA) is 26.3 Å². The molecule has 0 radical (unpaired) electrons. The zero-order valence-corrected chi connectivity index (χ0v) is 17.9. The molecule has 0 bridgehead atoms. The van der Waals surface area contributed by atoms with Gasteiger partial charge in [-0.1, -0.05) is 73.7 Å². The summed E-state index contributed by atoms with van der Waals surface area (Å²) < 4.78 is 44.6. The van der Waals surface area contributed by atoms with Gasteiger partial charge in [-0.2, -0.15) is 0 Å². The molecular formula is C28H21F3O2. The average molecular weight is 446 g/mol. The lowest BCUT2D eigenvalue weighted by Gasteiger charge is -2.12. The molecule has 0 amide bonds. The predicted molar refractivity (Wildman–Crippen MR) is 122 cm³/mol. The van der Waals surface area contributed by atoms with Crippen LogP contribution in [0.1, 0.15) is 34.3 Å². The van der Waals surface area contributed by atoms with E-state index < -0.39 is 29.2 Å². The molecule has 0 saturated carbocycles. The zero-order valence-electron chi connectivity index (χ0n) is 17.9. The second-order valence-electron chi connectivity index (χ2n) is 7.88. The lowest BCUT2D eigenvalue weighted by atomic mass is 9.93. The minimum Gasteiger partial charge on any atom is -0.423 e. The van der Waals surface area contributed by atoms with E-state index in [1.165, 1.54) is 11.1 Å². The van der Waals surface area contributed by atoms with E-state index in [0.29, 0.717) is 18.1 Å². The quantitative estimate of drug-likeness (QED) is 0.176. The van der Waals surface area contributed by atoms with Gasteiger partial charge in [0.25, 0.3) is 0 Å². The molecule has 0 aliphatic rings. The second kappa shape index (κ2) is 9.74. The number of rotatable bonds is 6. The van der Waals surface area contributed by atoms with Crippen molar-refractivity contribution in [2.24, 2.45) is 0 Å². The monoisotopic (exact) mass is 446 g/mol. The van der Waals surface area contributed by atoms with Crippen LogP contribution in [0.25, 0.3) is 11.1 Å². The van der Waals surface area contributed by atoms with Crippen LogP contribution in [0.3, 0.4) is 0 Å². The first kappa shape index (κ1) is 22.3. The third-order valence-electron chi connectivity index (χ3n) is 5.49. The van der Waals surface area contributed by atoms with Gasteiger partial charge in [-0.05, 0) is 46.7 Å². The molecule has 0 aliphatic heterocycles. The molecule has 5 heteroatoms. The molecule has 2 nitrogen and oxygen atoms in total. The molecular weight excluding hydrogens is 425 g/mol. The molecule has 0 spiro atoms. The number of esters is 1. The molecule has 0 saturated heterocycles. The van der Waals surface area contributed by atoms with Gasteiger partial charge in [0.05, 0.1) is 5.56 Å². The smallest absolute Gasteiger partial charge is 0.343 e. The van der Waals surface area contributed by atoms with Crippen LogP contribution >= 0.6 is 0 Å². The van der Waals surface area contributed by atoms with E-state index in [1.807, 2.05) is 30.3 Å². The second-order valence-corrected chi connectivity index (χ2v) is 7.88. The first-order valence-electron chi connectivity index (χ1n) is 10.5. The van der Waals surface area contributed by atoms with Crippen LogP contribution in [0.4, 0.5) is 13.2 Å². The van der Waals surface area contributed by atoms with Gasteiger partial charge >= 0.3 is 5.97 Å². The summed E-state index contributed by atoms with van der Waals surface area (Å²) in [6.07, 6.45) is 0.930. The predicted octanol–water partition coefficient (Wildman–Crippen LogP) is 7.34. The van der Waals surface area contributed by atoms with E-state index in [9.17, 15) is 18.0 Å². The summed E-state index contributed by atoms with van der Waals surface area (Å²) in [5.74, 6) is -5.24. The number of carbonyl (C=O) groups excluding carboxylic acids is 1. The van der Waals surface area contributed by atoms with Gasteiger partial charge in [-0.25, -0.2) is 18.0 Å². The molecule has 0 fully saturated rings. The van der Waals surface area contributed by atoms with E-state index in [0.717, 1.165) is 17.5 Å². The summed E-state index contributed by atoms with van der Waals surface area (Å²) >= 11 is 0. The SMILES string of the molecule is CC(Cc1ccc(-c2ccc(C(=O)Oc3cc(F)c(F)c(F)c3)cc2)cc1)c1ccccc1. The summed E-state index contributed by atoms with van der Waals surface area (Å²) in [5, 5.41) is 0. The van der Waals surface area contributed by atoms with Crippen LogP contribution in [0.2, 0.25) is 0 Å². The van der Waals surface area contributed by atoms with Gasteiger partial charge in [0.15, 0.2) is 17.5 Å². The number of ether oxygens (including phenoxy) is 1. The Hall–Kier alpha value is -3.86. The first-order valence-corrected chi connectivity index (χ1v) is 10.5. The maximum absolute atomic E-state index is 13.3. The first-order chi connectivity index (χ1) is 15.9. The van der Waals surface area contributed by atoms with Crippen molar-refractivity contribution in [2.45, 2.75) is 19.3 Å². The fourth-order valence-corrected chi connectivity index (χ4v) is 3.64. The average Bonchev–Trinajstić information content (AvgIpc) is 2.83. The largest absolute Gasteiger partial charge is 0.423 e. The maximum atomic E-state index is 13.3. The number of carbonyl (C=O) groups is 1. The van der Waals surface area contributed by atoms with Crippen molar-refractivity contribution in [3.63, 3.8) is 0 Å². The number of hydrogen-bond acceptors (Lipinski definition) is 2. The van der Waals surface area contributed by atoms with Crippen molar-refractivity contribution < 1.29 is 22.7 Å². The third-order valence-corrected chi connectivity index (χ3v) is 5.49. The molecule has 0 aliphatic carbocycles. The fourth-order valence-electron chi connectivity index (χ4n) is 3.64. The van der Waals surface area contributed by atoms with Crippen molar-refractivity contribution in [3.8, 4) is 16.9 Å². The van der Waals surface area contributed by atoms with Crippen LogP contribution in [0.15, 0.2) is 91.0 Å². The van der Waals surface area contributed by atoms with Gasteiger partial charge in [0.1, 0.15) is 5.75 Å². The van der Waals surface area contributed by atoms with Crippen molar-refractivity contribution in [2.75, 3.05) is 0 Å². The Bertz CT molecular complexity index is 1230. The molecule has 1 atom stereocenters. The molecule has 4 rings (SSSR count). The Balaban J connectivity index is 1.42. The van der Waals surface area contributed by atoms with Crippen LogP contribution in [-0.4, -0.2) is 5.97 Å². The number of benzene rings is 4. The summed E-state index contributed by atoms with van der Waals surface area (Å²) in [4.78, 5) is 12.3. The molecule has 4 aromatic rings. The van der Waals surface area contributed by atoms with E-state index >= 15 is 0 Å². The van der Waals surface area contributed by atoms with Crippen LogP contribution in [-0.2, 0) is 6.42 Å². The highest BCUT2D eigenvalue weighted by atomic mass is 19.2. The molecule has 0 aromatic heterocycles. The summed E-state index contributed by atoms with van der Waals surface area (Å²) in [6, 6.07) is 26.6. The molecule has 0 N–H and O–H groups in total. The van der Waals surface area contributed by atoms with Gasteiger partial charge in [0.2, 0.25) is 0 Å².